The average Bonchev–Trinajstić information content (AvgIpc) is 3.76. The Morgan fingerprint density at radius 2 is 0.909 bits per heavy atom. The third-order valence-electron chi connectivity index (χ3n) is 10.6. The molecule has 0 N–H and O–H groups in total. The maximum atomic E-state index is 5.02. The van der Waals surface area contributed by atoms with Gasteiger partial charge in [-0.1, -0.05) is 158 Å². The van der Waals surface area contributed by atoms with Crippen LogP contribution in [0.5, 0.6) is 0 Å². The van der Waals surface area contributed by atoms with Gasteiger partial charge in [-0.2, -0.15) is 5.10 Å². The number of nitrogens with zero attached hydrogens (tertiary/aromatic N) is 4. The Hall–Kier alpha value is -7.17. The summed E-state index contributed by atoms with van der Waals surface area (Å²) in [7, 11) is 0. The second kappa shape index (κ2) is 14.0. The number of hydrogen-bond donors (Lipinski definition) is 0. The monoisotopic (exact) mass is 706 g/mol. The van der Waals surface area contributed by atoms with Crippen LogP contribution in [-0.2, 0) is 13.1 Å². The van der Waals surface area contributed by atoms with Crippen molar-refractivity contribution in [2.45, 2.75) is 13.1 Å². The first-order chi connectivity index (χ1) is 27.3. The zero-order valence-corrected chi connectivity index (χ0v) is 30.3. The van der Waals surface area contributed by atoms with Crippen LogP contribution in [0.4, 0.5) is 0 Å². The summed E-state index contributed by atoms with van der Waals surface area (Å²) in [5, 5.41) is 12.1. The number of para-hydroxylation sites is 3. The van der Waals surface area contributed by atoms with E-state index in [2.05, 4.69) is 208 Å². The number of hydrazone groups is 1. The summed E-state index contributed by atoms with van der Waals surface area (Å²) in [4.78, 5) is 0. The molecule has 55 heavy (non-hydrogen) atoms. The van der Waals surface area contributed by atoms with E-state index in [4.69, 9.17) is 5.10 Å². The Balaban J connectivity index is 1.22. The lowest BCUT2D eigenvalue weighted by atomic mass is 9.97. The molecule has 0 radical (unpaired) electrons. The van der Waals surface area contributed by atoms with E-state index in [-0.39, 0.29) is 0 Å². The van der Waals surface area contributed by atoms with E-state index >= 15 is 0 Å². The van der Waals surface area contributed by atoms with Gasteiger partial charge in [0.15, 0.2) is 0 Å². The third-order valence-corrected chi connectivity index (χ3v) is 10.6. The maximum absolute atomic E-state index is 5.02. The van der Waals surface area contributed by atoms with Crippen LogP contribution in [0.2, 0.25) is 0 Å². The molecule has 2 heterocycles. The van der Waals surface area contributed by atoms with Gasteiger partial charge in [0.2, 0.25) is 0 Å². The van der Waals surface area contributed by atoms with E-state index in [1.807, 2.05) is 12.3 Å². The summed E-state index contributed by atoms with van der Waals surface area (Å²) >= 11 is 0. The third kappa shape index (κ3) is 5.94. The second-order valence-corrected chi connectivity index (χ2v) is 14.1. The first kappa shape index (κ1) is 32.5. The van der Waals surface area contributed by atoms with Crippen LogP contribution < -0.4 is 0 Å². The van der Waals surface area contributed by atoms with Crippen LogP contribution in [0.15, 0.2) is 205 Å². The van der Waals surface area contributed by atoms with Crippen LogP contribution >= 0.6 is 0 Å². The molecule has 0 aliphatic rings. The molecule has 2 aromatic heterocycles. The van der Waals surface area contributed by atoms with Crippen molar-refractivity contribution < 1.29 is 0 Å². The number of rotatable bonds is 9. The molecule has 0 amide bonds. The first-order valence-corrected chi connectivity index (χ1v) is 18.9. The second-order valence-electron chi connectivity index (χ2n) is 14.1. The topological polar surface area (TPSA) is 25.5 Å². The van der Waals surface area contributed by atoms with Crippen LogP contribution in [0, 0.1) is 0 Å². The van der Waals surface area contributed by atoms with Gasteiger partial charge < -0.3 is 9.13 Å². The SMILES string of the molecule is C(=N\N(Cc1ccccc1)Cc1cccc(-n2c3ccccc3c3cc4c5ccccc5n(-c5ccccc5)c4c(-c4ccccc4)c32)c1)/c1ccccc1. The van der Waals surface area contributed by atoms with E-state index in [1.54, 1.807) is 0 Å². The van der Waals surface area contributed by atoms with E-state index in [0.717, 1.165) is 16.9 Å². The highest BCUT2D eigenvalue weighted by molar-refractivity contribution is 6.25. The molecule has 4 nitrogen and oxygen atoms in total. The van der Waals surface area contributed by atoms with Crippen LogP contribution in [0.3, 0.4) is 0 Å². The van der Waals surface area contributed by atoms with Crippen molar-refractivity contribution in [2.75, 3.05) is 0 Å². The predicted molar refractivity (Wildman–Crippen MR) is 230 cm³/mol. The molecule has 10 aromatic rings. The van der Waals surface area contributed by atoms with E-state index in [9.17, 15) is 0 Å². The molecule has 0 saturated heterocycles. The number of fused-ring (bicyclic) bond motifs is 6. The Morgan fingerprint density at radius 1 is 0.418 bits per heavy atom. The van der Waals surface area contributed by atoms with E-state index < -0.39 is 0 Å². The fourth-order valence-corrected chi connectivity index (χ4v) is 8.19. The van der Waals surface area contributed by atoms with Gasteiger partial charge in [-0.3, -0.25) is 5.01 Å². The highest BCUT2D eigenvalue weighted by Gasteiger charge is 2.24. The van der Waals surface area contributed by atoms with E-state index in [0.29, 0.717) is 13.1 Å². The van der Waals surface area contributed by atoms with Gasteiger partial charge >= 0.3 is 0 Å². The van der Waals surface area contributed by atoms with Gasteiger partial charge in [-0.15, -0.1) is 0 Å². The maximum Gasteiger partial charge on any atom is 0.0641 e. The quantitative estimate of drug-likeness (QED) is 0.108. The molecule has 262 valence electrons. The fourth-order valence-electron chi connectivity index (χ4n) is 8.19. The highest BCUT2D eigenvalue weighted by atomic mass is 15.4. The lowest BCUT2D eigenvalue weighted by Gasteiger charge is -2.20. The van der Waals surface area contributed by atoms with Gasteiger partial charge in [0.05, 0.1) is 41.4 Å². The molecule has 10 rings (SSSR count). The summed E-state index contributed by atoms with van der Waals surface area (Å²) in [6, 6.07) is 71.7. The Kier molecular flexibility index (Phi) is 8.27. The minimum Gasteiger partial charge on any atom is -0.309 e. The van der Waals surface area contributed by atoms with Gasteiger partial charge in [0, 0.05) is 38.5 Å². The van der Waals surface area contributed by atoms with Crippen molar-refractivity contribution in [3.63, 3.8) is 0 Å². The molecule has 8 aromatic carbocycles. The molecular weight excluding hydrogens is 669 g/mol. The minimum absolute atomic E-state index is 0.654. The molecular formula is C51H38N4. The molecule has 0 aliphatic carbocycles. The van der Waals surface area contributed by atoms with Gasteiger partial charge in [0.1, 0.15) is 0 Å². The Morgan fingerprint density at radius 3 is 1.56 bits per heavy atom. The lowest BCUT2D eigenvalue weighted by Crippen LogP contribution is -2.17. The zero-order chi connectivity index (χ0) is 36.6. The fraction of sp³-hybridized carbons (Fsp3) is 0.0392. The van der Waals surface area contributed by atoms with Crippen LogP contribution in [0.25, 0.3) is 66.1 Å². The minimum atomic E-state index is 0.654. The smallest absolute Gasteiger partial charge is 0.0641 e. The van der Waals surface area contributed by atoms with Crippen molar-refractivity contribution >= 4 is 49.8 Å². The van der Waals surface area contributed by atoms with Crippen molar-refractivity contribution in [2.24, 2.45) is 5.10 Å². The van der Waals surface area contributed by atoms with Crippen molar-refractivity contribution in [1.82, 2.24) is 14.1 Å². The molecule has 0 unspecified atom stereocenters. The summed E-state index contributed by atoms with van der Waals surface area (Å²) in [6.45, 7) is 1.35. The normalized spacial score (nSPS) is 11.7. The first-order valence-electron chi connectivity index (χ1n) is 18.9. The number of aromatic nitrogens is 2. The van der Waals surface area contributed by atoms with E-state index in [1.165, 1.54) is 65.9 Å². The molecule has 0 bridgehead atoms. The predicted octanol–water partition coefficient (Wildman–Crippen LogP) is 12.6. The van der Waals surface area contributed by atoms with Gasteiger partial charge in [-0.05, 0) is 64.7 Å². The number of hydrogen-bond acceptors (Lipinski definition) is 2. The summed E-state index contributed by atoms with van der Waals surface area (Å²) in [5.74, 6) is 0. The Labute approximate surface area is 320 Å². The summed E-state index contributed by atoms with van der Waals surface area (Å²) in [5.41, 5.74) is 12.9. The van der Waals surface area contributed by atoms with Crippen molar-refractivity contribution in [3.8, 4) is 22.5 Å². The average molecular weight is 707 g/mol. The standard InChI is InChI=1S/C51H38N4/c1-5-18-37(19-6-1)34-52-53(35-38-20-7-2-8-21-38)36-39-22-17-27-42(32-39)55-48-31-16-14-29-44(48)46-33-45-43-28-13-15-30-47(43)54(41-25-11-4-12-26-41)50(45)49(51(46)55)40-23-9-3-10-24-40/h1-34H,35-36H2/b52-34+. The van der Waals surface area contributed by atoms with Gasteiger partial charge in [0.25, 0.3) is 0 Å². The van der Waals surface area contributed by atoms with Crippen LogP contribution in [0.1, 0.15) is 16.7 Å². The Bertz CT molecular complexity index is 2960. The lowest BCUT2D eigenvalue weighted by molar-refractivity contribution is 0.272. The summed E-state index contributed by atoms with van der Waals surface area (Å²) < 4.78 is 4.94. The largest absolute Gasteiger partial charge is 0.309 e. The van der Waals surface area contributed by atoms with Gasteiger partial charge in [-0.25, -0.2) is 0 Å². The molecule has 4 heteroatoms. The molecule has 0 fully saturated rings. The molecule has 0 atom stereocenters. The van der Waals surface area contributed by atoms with Crippen molar-refractivity contribution in [1.29, 1.82) is 0 Å². The number of benzene rings is 8. The molecule has 0 spiro atoms. The highest BCUT2D eigenvalue weighted by Crippen LogP contribution is 2.46. The summed E-state index contributed by atoms with van der Waals surface area (Å²) in [6.07, 6.45) is 1.96. The molecule has 0 aliphatic heterocycles. The van der Waals surface area contributed by atoms with Crippen molar-refractivity contribution in [3.05, 3.63) is 217 Å². The van der Waals surface area contributed by atoms with Crippen LogP contribution in [-0.4, -0.2) is 20.4 Å². The molecule has 0 saturated carbocycles. The zero-order valence-electron chi connectivity index (χ0n) is 30.3.